The molecule has 1 atom stereocenters. The first-order valence-electron chi connectivity index (χ1n) is 7.82. The van der Waals surface area contributed by atoms with Crippen LogP contribution in [-0.4, -0.2) is 39.5 Å². The Hall–Kier alpha value is -2.86. The van der Waals surface area contributed by atoms with Gasteiger partial charge in [-0.25, -0.2) is 4.98 Å². The lowest BCUT2D eigenvalue weighted by Gasteiger charge is -2.12. The third-order valence-corrected chi connectivity index (χ3v) is 3.69. The Morgan fingerprint density at radius 1 is 1.38 bits per heavy atom. The number of aromatic nitrogens is 3. The minimum atomic E-state index is -0.242. The zero-order valence-electron chi connectivity index (χ0n) is 13.5. The number of fused-ring (bicyclic) bond motifs is 1. The maximum absolute atomic E-state index is 9.27. The van der Waals surface area contributed by atoms with E-state index >= 15 is 0 Å². The molecular weight excluding hydrogens is 304 g/mol. The molecule has 0 amide bonds. The Kier molecular flexibility index (Phi) is 4.77. The van der Waals surface area contributed by atoms with Gasteiger partial charge in [-0.1, -0.05) is 6.08 Å². The van der Waals surface area contributed by atoms with Gasteiger partial charge >= 0.3 is 0 Å². The van der Waals surface area contributed by atoms with Crippen LogP contribution >= 0.6 is 0 Å². The van der Waals surface area contributed by atoms with Gasteiger partial charge in [0.15, 0.2) is 0 Å². The fourth-order valence-electron chi connectivity index (χ4n) is 2.50. The molecule has 3 rings (SSSR count). The molecule has 0 fully saturated rings. The van der Waals surface area contributed by atoms with Gasteiger partial charge < -0.3 is 15.2 Å². The van der Waals surface area contributed by atoms with Crippen molar-refractivity contribution in [3.8, 4) is 17.0 Å². The van der Waals surface area contributed by atoms with E-state index in [-0.39, 0.29) is 12.6 Å². The minimum absolute atomic E-state index is 0.0432. The summed E-state index contributed by atoms with van der Waals surface area (Å²) < 4.78 is 5.57. The first-order chi connectivity index (χ1) is 11.7. The number of hydrogen-bond acceptors (Lipinski definition) is 5. The number of anilines is 1. The molecule has 0 bridgehead atoms. The van der Waals surface area contributed by atoms with Gasteiger partial charge in [0, 0.05) is 17.1 Å². The van der Waals surface area contributed by atoms with Gasteiger partial charge in [-0.05, 0) is 37.3 Å². The summed E-state index contributed by atoms with van der Waals surface area (Å²) >= 11 is 0. The maximum Gasteiger partial charge on any atom is 0.127 e. The third kappa shape index (κ3) is 3.23. The average Bonchev–Trinajstić information content (AvgIpc) is 3.03. The van der Waals surface area contributed by atoms with E-state index in [0.29, 0.717) is 12.4 Å². The first kappa shape index (κ1) is 16.0. The quantitative estimate of drug-likeness (QED) is 0.582. The molecule has 6 nitrogen and oxygen atoms in total. The van der Waals surface area contributed by atoms with Gasteiger partial charge in [0.05, 0.1) is 24.8 Å². The molecule has 0 aliphatic heterocycles. The van der Waals surface area contributed by atoms with Crippen molar-refractivity contribution >= 4 is 16.7 Å². The fraction of sp³-hybridized carbons (Fsp3) is 0.222. The standard InChI is InChI=1S/C18H20N4O2/c1-3-13(11-23)20-17-9-12(7-8-19-17)18-15-10-14(24-4-2)5-6-16(15)21-22-18/h3,5-10,13,23H,1,4,11H2,2H3,(H,19,20)(H,21,22). The van der Waals surface area contributed by atoms with Crippen LogP contribution in [0.5, 0.6) is 5.75 Å². The van der Waals surface area contributed by atoms with Crippen molar-refractivity contribution in [1.29, 1.82) is 0 Å². The SMILES string of the molecule is C=CC(CO)Nc1cc(-c2n[nH]c3ccc(OCC)cc23)ccn1. The van der Waals surface area contributed by atoms with Crippen molar-refractivity contribution in [3.05, 3.63) is 49.2 Å². The second-order valence-corrected chi connectivity index (χ2v) is 5.31. The van der Waals surface area contributed by atoms with E-state index in [9.17, 15) is 5.11 Å². The number of rotatable bonds is 7. The lowest BCUT2D eigenvalue weighted by molar-refractivity contribution is 0.290. The Balaban J connectivity index is 1.98. The summed E-state index contributed by atoms with van der Waals surface area (Å²) in [6, 6.07) is 9.41. The molecule has 6 heteroatoms. The number of ether oxygens (including phenoxy) is 1. The molecule has 24 heavy (non-hydrogen) atoms. The zero-order valence-corrected chi connectivity index (χ0v) is 13.5. The molecule has 1 unspecified atom stereocenters. The molecule has 0 spiro atoms. The molecule has 2 heterocycles. The van der Waals surface area contributed by atoms with Gasteiger partial charge in [-0.3, -0.25) is 5.10 Å². The number of aliphatic hydroxyl groups excluding tert-OH is 1. The van der Waals surface area contributed by atoms with Crippen LogP contribution in [0.3, 0.4) is 0 Å². The van der Waals surface area contributed by atoms with E-state index in [4.69, 9.17) is 4.74 Å². The molecule has 0 radical (unpaired) electrons. The van der Waals surface area contributed by atoms with Gasteiger partial charge in [-0.15, -0.1) is 6.58 Å². The van der Waals surface area contributed by atoms with E-state index < -0.39 is 0 Å². The minimum Gasteiger partial charge on any atom is -0.494 e. The Labute approximate surface area is 140 Å². The van der Waals surface area contributed by atoms with E-state index in [1.807, 2.05) is 37.3 Å². The Morgan fingerprint density at radius 2 is 2.25 bits per heavy atom. The second-order valence-electron chi connectivity index (χ2n) is 5.31. The number of aliphatic hydroxyl groups is 1. The number of aromatic amines is 1. The molecule has 0 saturated carbocycles. The molecule has 0 aliphatic carbocycles. The first-order valence-corrected chi connectivity index (χ1v) is 7.82. The Bertz CT molecular complexity index is 844. The normalized spacial score (nSPS) is 12.1. The van der Waals surface area contributed by atoms with E-state index in [2.05, 4.69) is 27.1 Å². The van der Waals surface area contributed by atoms with Gasteiger partial charge in [0.2, 0.25) is 0 Å². The van der Waals surface area contributed by atoms with Crippen molar-refractivity contribution in [2.24, 2.45) is 0 Å². The van der Waals surface area contributed by atoms with Crippen LogP contribution in [-0.2, 0) is 0 Å². The van der Waals surface area contributed by atoms with E-state index in [1.54, 1.807) is 12.3 Å². The predicted molar refractivity (Wildman–Crippen MR) is 95.2 cm³/mol. The molecule has 2 aromatic heterocycles. The van der Waals surface area contributed by atoms with E-state index in [1.165, 1.54) is 0 Å². The Morgan fingerprint density at radius 3 is 3.00 bits per heavy atom. The van der Waals surface area contributed by atoms with Crippen LogP contribution in [0.15, 0.2) is 49.2 Å². The summed E-state index contributed by atoms with van der Waals surface area (Å²) in [5, 5.41) is 20.8. The maximum atomic E-state index is 9.27. The fourth-order valence-corrected chi connectivity index (χ4v) is 2.50. The topological polar surface area (TPSA) is 83.1 Å². The highest BCUT2D eigenvalue weighted by Gasteiger charge is 2.11. The summed E-state index contributed by atoms with van der Waals surface area (Å²) in [5.74, 6) is 1.47. The number of benzene rings is 1. The van der Waals surface area contributed by atoms with Crippen LogP contribution in [0.25, 0.3) is 22.2 Å². The van der Waals surface area contributed by atoms with Crippen molar-refractivity contribution < 1.29 is 9.84 Å². The second kappa shape index (κ2) is 7.14. The molecular formula is C18H20N4O2. The van der Waals surface area contributed by atoms with Gasteiger partial charge in [0.25, 0.3) is 0 Å². The molecule has 3 N–H and O–H groups in total. The van der Waals surface area contributed by atoms with Crippen LogP contribution in [0.4, 0.5) is 5.82 Å². The van der Waals surface area contributed by atoms with Crippen molar-refractivity contribution in [2.75, 3.05) is 18.5 Å². The number of H-pyrrole nitrogens is 1. The van der Waals surface area contributed by atoms with Crippen LogP contribution < -0.4 is 10.1 Å². The summed E-state index contributed by atoms with van der Waals surface area (Å²) in [5.41, 5.74) is 2.70. The van der Waals surface area contributed by atoms with Crippen LogP contribution in [0.1, 0.15) is 6.92 Å². The summed E-state index contributed by atoms with van der Waals surface area (Å²) in [4.78, 5) is 4.28. The van der Waals surface area contributed by atoms with E-state index in [0.717, 1.165) is 27.9 Å². The number of pyridine rings is 1. The summed E-state index contributed by atoms with van der Waals surface area (Å²) in [6.45, 7) is 6.22. The highest BCUT2D eigenvalue weighted by Crippen LogP contribution is 2.30. The smallest absolute Gasteiger partial charge is 0.127 e. The lowest BCUT2D eigenvalue weighted by Crippen LogP contribution is -2.21. The number of nitrogens with zero attached hydrogens (tertiary/aromatic N) is 2. The molecule has 0 saturated heterocycles. The van der Waals surface area contributed by atoms with Crippen molar-refractivity contribution in [3.63, 3.8) is 0 Å². The highest BCUT2D eigenvalue weighted by molar-refractivity contribution is 5.94. The molecule has 124 valence electrons. The predicted octanol–water partition coefficient (Wildman–Crippen LogP) is 2.98. The van der Waals surface area contributed by atoms with Crippen LogP contribution in [0.2, 0.25) is 0 Å². The monoisotopic (exact) mass is 324 g/mol. The van der Waals surface area contributed by atoms with Crippen LogP contribution in [0, 0.1) is 0 Å². The summed E-state index contributed by atoms with van der Waals surface area (Å²) in [7, 11) is 0. The van der Waals surface area contributed by atoms with Crippen molar-refractivity contribution in [2.45, 2.75) is 13.0 Å². The lowest BCUT2D eigenvalue weighted by atomic mass is 10.1. The largest absolute Gasteiger partial charge is 0.494 e. The summed E-state index contributed by atoms with van der Waals surface area (Å²) in [6.07, 6.45) is 3.36. The number of nitrogens with one attached hydrogen (secondary N) is 2. The average molecular weight is 324 g/mol. The third-order valence-electron chi connectivity index (χ3n) is 3.69. The zero-order chi connectivity index (χ0) is 16.9. The molecule has 1 aromatic carbocycles. The highest BCUT2D eigenvalue weighted by atomic mass is 16.5. The van der Waals surface area contributed by atoms with Gasteiger partial charge in [0.1, 0.15) is 17.3 Å². The van der Waals surface area contributed by atoms with Gasteiger partial charge in [-0.2, -0.15) is 5.10 Å². The molecule has 0 aliphatic rings. The number of hydrogen-bond donors (Lipinski definition) is 3. The van der Waals surface area contributed by atoms with Crippen molar-refractivity contribution in [1.82, 2.24) is 15.2 Å². The molecule has 3 aromatic rings.